The SMILES string of the molecule is Cc1ccc(C(=O)NC(c2nnc(SCC(=O)Nc3nc(C)cs3)n2C)C(C)C)cc1. The summed E-state index contributed by atoms with van der Waals surface area (Å²) in [4.78, 5) is 29.2. The van der Waals surface area contributed by atoms with Gasteiger partial charge in [-0.25, -0.2) is 4.98 Å². The summed E-state index contributed by atoms with van der Waals surface area (Å²) in [5.74, 6) is 0.624. The van der Waals surface area contributed by atoms with Crippen LogP contribution in [0.15, 0.2) is 34.8 Å². The Hall–Kier alpha value is -2.72. The molecule has 1 atom stereocenters. The highest BCUT2D eigenvalue weighted by Crippen LogP contribution is 2.25. The van der Waals surface area contributed by atoms with E-state index in [4.69, 9.17) is 0 Å². The molecule has 1 aromatic carbocycles. The molecule has 3 aromatic rings. The van der Waals surface area contributed by atoms with Gasteiger partial charge in [-0.05, 0) is 31.9 Å². The van der Waals surface area contributed by atoms with Crippen LogP contribution in [0.1, 0.15) is 47.3 Å². The Balaban J connectivity index is 1.66. The van der Waals surface area contributed by atoms with Crippen LogP contribution in [0, 0.1) is 19.8 Å². The minimum Gasteiger partial charge on any atom is -0.342 e. The molecule has 2 heterocycles. The highest BCUT2D eigenvalue weighted by Gasteiger charge is 2.25. The first-order chi connectivity index (χ1) is 14.7. The van der Waals surface area contributed by atoms with Gasteiger partial charge in [-0.1, -0.05) is 43.3 Å². The molecule has 0 bridgehead atoms. The van der Waals surface area contributed by atoms with E-state index < -0.39 is 0 Å². The molecule has 0 aliphatic carbocycles. The summed E-state index contributed by atoms with van der Waals surface area (Å²) in [5.41, 5.74) is 2.57. The van der Waals surface area contributed by atoms with Gasteiger partial charge in [0.2, 0.25) is 5.91 Å². The molecule has 0 aliphatic heterocycles. The number of anilines is 1. The van der Waals surface area contributed by atoms with Crippen LogP contribution in [0.2, 0.25) is 0 Å². The molecule has 0 aliphatic rings. The molecular weight excluding hydrogens is 432 g/mol. The lowest BCUT2D eigenvalue weighted by molar-refractivity contribution is -0.113. The normalized spacial score (nSPS) is 12.1. The Morgan fingerprint density at radius 2 is 1.87 bits per heavy atom. The molecule has 0 saturated heterocycles. The zero-order valence-electron chi connectivity index (χ0n) is 18.2. The Kier molecular flexibility index (Phi) is 7.45. The molecule has 3 rings (SSSR count). The molecule has 10 heteroatoms. The number of aryl methyl sites for hydroxylation is 2. The minimum atomic E-state index is -0.312. The van der Waals surface area contributed by atoms with E-state index in [1.54, 1.807) is 0 Å². The molecule has 0 radical (unpaired) electrons. The smallest absolute Gasteiger partial charge is 0.251 e. The van der Waals surface area contributed by atoms with Gasteiger partial charge in [0, 0.05) is 18.0 Å². The van der Waals surface area contributed by atoms with E-state index in [0.29, 0.717) is 21.7 Å². The van der Waals surface area contributed by atoms with Crippen molar-refractivity contribution in [1.82, 2.24) is 25.1 Å². The number of hydrogen-bond acceptors (Lipinski definition) is 7. The first kappa shape index (κ1) is 23.0. The van der Waals surface area contributed by atoms with Crippen molar-refractivity contribution in [2.75, 3.05) is 11.1 Å². The maximum Gasteiger partial charge on any atom is 0.251 e. The van der Waals surface area contributed by atoms with E-state index in [0.717, 1.165) is 11.3 Å². The van der Waals surface area contributed by atoms with Gasteiger partial charge in [-0.3, -0.25) is 9.59 Å². The number of nitrogens with one attached hydrogen (secondary N) is 2. The maximum absolute atomic E-state index is 12.7. The summed E-state index contributed by atoms with van der Waals surface area (Å²) in [5, 5.41) is 17.4. The predicted octanol–water partition coefficient (Wildman–Crippen LogP) is 3.75. The fraction of sp³-hybridized carbons (Fsp3) is 0.381. The first-order valence-corrected chi connectivity index (χ1v) is 11.7. The average Bonchev–Trinajstić information content (AvgIpc) is 3.29. The Labute approximate surface area is 189 Å². The number of carbonyl (C=O) groups excluding carboxylic acids is 2. The zero-order valence-corrected chi connectivity index (χ0v) is 19.8. The number of thioether (sulfide) groups is 1. The number of hydrogen-bond donors (Lipinski definition) is 2. The molecule has 164 valence electrons. The summed E-state index contributed by atoms with van der Waals surface area (Å²) < 4.78 is 1.82. The van der Waals surface area contributed by atoms with E-state index in [-0.39, 0.29) is 29.5 Å². The topological polar surface area (TPSA) is 102 Å². The lowest BCUT2D eigenvalue weighted by atomic mass is 10.0. The van der Waals surface area contributed by atoms with Gasteiger partial charge in [-0.15, -0.1) is 21.5 Å². The lowest BCUT2D eigenvalue weighted by Crippen LogP contribution is -2.33. The third-order valence-corrected chi connectivity index (χ3v) is 6.51. The van der Waals surface area contributed by atoms with E-state index in [1.807, 2.05) is 69.0 Å². The zero-order chi connectivity index (χ0) is 22.5. The summed E-state index contributed by atoms with van der Waals surface area (Å²) in [7, 11) is 1.84. The molecule has 2 amide bonds. The van der Waals surface area contributed by atoms with E-state index >= 15 is 0 Å². The number of nitrogens with zero attached hydrogens (tertiary/aromatic N) is 4. The first-order valence-electron chi connectivity index (χ1n) is 9.86. The molecule has 0 saturated carbocycles. The van der Waals surface area contributed by atoms with Crippen molar-refractivity contribution in [2.45, 2.75) is 38.9 Å². The summed E-state index contributed by atoms with van der Waals surface area (Å²) >= 11 is 2.68. The van der Waals surface area contributed by atoms with E-state index in [2.05, 4.69) is 25.8 Å². The molecule has 2 aromatic heterocycles. The van der Waals surface area contributed by atoms with Crippen LogP contribution in [0.25, 0.3) is 0 Å². The van der Waals surface area contributed by atoms with Crippen molar-refractivity contribution >= 4 is 40.0 Å². The maximum atomic E-state index is 12.7. The fourth-order valence-corrected chi connectivity index (χ4v) is 4.30. The number of carbonyl (C=O) groups is 2. The van der Waals surface area contributed by atoms with E-state index in [1.165, 1.54) is 23.1 Å². The quantitative estimate of drug-likeness (QED) is 0.499. The van der Waals surface area contributed by atoms with Crippen molar-refractivity contribution in [2.24, 2.45) is 13.0 Å². The van der Waals surface area contributed by atoms with E-state index in [9.17, 15) is 9.59 Å². The van der Waals surface area contributed by atoms with Gasteiger partial charge in [0.15, 0.2) is 16.1 Å². The summed E-state index contributed by atoms with van der Waals surface area (Å²) in [6, 6.07) is 7.13. The second-order valence-corrected chi connectivity index (χ2v) is 9.39. The van der Waals surface area contributed by atoms with Crippen LogP contribution < -0.4 is 10.6 Å². The van der Waals surface area contributed by atoms with Crippen LogP contribution in [0.5, 0.6) is 0 Å². The van der Waals surface area contributed by atoms with Crippen LogP contribution >= 0.6 is 23.1 Å². The van der Waals surface area contributed by atoms with Gasteiger partial charge in [-0.2, -0.15) is 0 Å². The molecule has 1 unspecified atom stereocenters. The summed E-state index contributed by atoms with van der Waals surface area (Å²) in [6.07, 6.45) is 0. The van der Waals surface area contributed by atoms with Crippen molar-refractivity contribution in [3.05, 3.63) is 52.3 Å². The molecule has 8 nitrogen and oxygen atoms in total. The average molecular weight is 459 g/mol. The van der Waals surface area contributed by atoms with Crippen LogP contribution in [-0.2, 0) is 11.8 Å². The number of rotatable bonds is 8. The number of thiazole rings is 1. The second-order valence-electron chi connectivity index (χ2n) is 7.59. The van der Waals surface area contributed by atoms with Crippen molar-refractivity contribution in [1.29, 1.82) is 0 Å². The Morgan fingerprint density at radius 1 is 1.16 bits per heavy atom. The van der Waals surface area contributed by atoms with Gasteiger partial charge < -0.3 is 15.2 Å². The highest BCUT2D eigenvalue weighted by atomic mass is 32.2. The second kappa shape index (κ2) is 10.1. The third kappa shape index (κ3) is 5.92. The minimum absolute atomic E-state index is 0.103. The fourth-order valence-electron chi connectivity index (χ4n) is 2.88. The van der Waals surface area contributed by atoms with Crippen LogP contribution in [0.3, 0.4) is 0 Å². The monoisotopic (exact) mass is 458 g/mol. The van der Waals surface area contributed by atoms with Crippen LogP contribution in [0.4, 0.5) is 5.13 Å². The van der Waals surface area contributed by atoms with Crippen molar-refractivity contribution in [3.8, 4) is 0 Å². The lowest BCUT2D eigenvalue weighted by Gasteiger charge is -2.21. The number of aromatic nitrogens is 4. The Bertz CT molecular complexity index is 1060. The van der Waals surface area contributed by atoms with Gasteiger partial charge >= 0.3 is 0 Å². The van der Waals surface area contributed by atoms with Crippen LogP contribution in [-0.4, -0.2) is 37.3 Å². The van der Waals surface area contributed by atoms with Crippen molar-refractivity contribution < 1.29 is 9.59 Å². The molecule has 0 fully saturated rings. The van der Waals surface area contributed by atoms with Crippen molar-refractivity contribution in [3.63, 3.8) is 0 Å². The predicted molar refractivity (Wildman–Crippen MR) is 123 cm³/mol. The standard InChI is InChI=1S/C21H26N6O2S2/c1-12(2)17(24-19(29)15-8-6-13(3)7-9-15)18-25-26-21(27(18)5)31-11-16(28)23-20-22-14(4)10-30-20/h6-10,12,17H,11H2,1-5H3,(H,24,29)(H,22,23,28). The van der Waals surface area contributed by atoms with Gasteiger partial charge in [0.1, 0.15) is 0 Å². The third-order valence-electron chi connectivity index (χ3n) is 4.61. The Morgan fingerprint density at radius 3 is 2.48 bits per heavy atom. The molecule has 31 heavy (non-hydrogen) atoms. The number of benzene rings is 1. The van der Waals surface area contributed by atoms with Gasteiger partial charge in [0.05, 0.1) is 17.5 Å². The molecule has 2 N–H and O–H groups in total. The molecular formula is C21H26N6O2S2. The highest BCUT2D eigenvalue weighted by molar-refractivity contribution is 7.99. The van der Waals surface area contributed by atoms with Gasteiger partial charge in [0.25, 0.3) is 5.91 Å². The largest absolute Gasteiger partial charge is 0.342 e. The molecule has 0 spiro atoms. The summed E-state index contributed by atoms with van der Waals surface area (Å²) in [6.45, 7) is 7.90. The number of amides is 2.